The molecular formula is C13H11N5. The van der Waals surface area contributed by atoms with Gasteiger partial charge in [-0.2, -0.15) is 5.10 Å². The molecule has 5 nitrogen and oxygen atoms in total. The lowest BCUT2D eigenvalue weighted by Gasteiger charge is -1.93. The summed E-state index contributed by atoms with van der Waals surface area (Å²) in [6, 6.07) is 13.5. The Bertz CT molecular complexity index is 639. The van der Waals surface area contributed by atoms with Gasteiger partial charge in [0.15, 0.2) is 0 Å². The third-order valence-electron chi connectivity index (χ3n) is 2.44. The molecule has 0 radical (unpaired) electrons. The van der Waals surface area contributed by atoms with Crippen LogP contribution in [0.5, 0.6) is 0 Å². The fourth-order valence-corrected chi connectivity index (χ4v) is 1.62. The van der Waals surface area contributed by atoms with Crippen molar-refractivity contribution >= 4 is 23.2 Å². The lowest BCUT2D eigenvalue weighted by Crippen LogP contribution is -1.93. The number of nitrogens with zero attached hydrogens (tertiary/aromatic N) is 3. The number of rotatable bonds is 3. The maximum absolute atomic E-state index is 4.34. The number of nitrogens with one attached hydrogen (secondary N) is 2. The smallest absolute Gasteiger partial charge is 0.222 e. The fourth-order valence-electron chi connectivity index (χ4n) is 1.62. The van der Waals surface area contributed by atoms with E-state index in [4.69, 9.17) is 0 Å². The quantitative estimate of drug-likeness (QED) is 0.543. The maximum atomic E-state index is 4.34. The predicted octanol–water partition coefficient (Wildman–Crippen LogP) is 2.40. The molecule has 2 aromatic heterocycles. The highest BCUT2D eigenvalue weighted by molar-refractivity contribution is 5.79. The number of benzene rings is 1. The average Bonchev–Trinajstić information content (AvgIpc) is 2.82. The van der Waals surface area contributed by atoms with Crippen LogP contribution >= 0.6 is 0 Å². The van der Waals surface area contributed by atoms with Gasteiger partial charge in [0.05, 0.1) is 22.9 Å². The molecule has 0 saturated carbocycles. The summed E-state index contributed by atoms with van der Waals surface area (Å²) < 4.78 is 0. The van der Waals surface area contributed by atoms with Crippen molar-refractivity contribution in [2.45, 2.75) is 0 Å². The topological polar surface area (TPSA) is 66.0 Å². The zero-order chi connectivity index (χ0) is 12.2. The molecule has 0 aliphatic rings. The zero-order valence-corrected chi connectivity index (χ0v) is 9.54. The van der Waals surface area contributed by atoms with Gasteiger partial charge >= 0.3 is 0 Å². The fraction of sp³-hybridized carbons (Fsp3) is 0. The van der Waals surface area contributed by atoms with E-state index in [0.717, 1.165) is 16.7 Å². The van der Waals surface area contributed by atoms with E-state index in [1.165, 1.54) is 0 Å². The lowest BCUT2D eigenvalue weighted by molar-refractivity contribution is 1.21. The van der Waals surface area contributed by atoms with E-state index in [1.807, 2.05) is 42.5 Å². The molecule has 0 spiro atoms. The summed E-state index contributed by atoms with van der Waals surface area (Å²) in [5.74, 6) is 0.614. The summed E-state index contributed by atoms with van der Waals surface area (Å²) in [4.78, 5) is 11.6. The number of hydrazone groups is 1. The van der Waals surface area contributed by atoms with Gasteiger partial charge in [-0.15, -0.1) is 0 Å². The summed E-state index contributed by atoms with van der Waals surface area (Å²) in [6.07, 6.45) is 3.37. The Morgan fingerprint density at radius 3 is 2.83 bits per heavy atom. The van der Waals surface area contributed by atoms with Crippen LogP contribution in [0, 0.1) is 0 Å². The van der Waals surface area contributed by atoms with Gasteiger partial charge < -0.3 is 4.98 Å². The zero-order valence-electron chi connectivity index (χ0n) is 9.54. The first-order chi connectivity index (χ1) is 8.92. The SMILES string of the molecule is C(=NNc1nc2ccccc2[nH]1)c1ccccn1. The van der Waals surface area contributed by atoms with E-state index in [9.17, 15) is 0 Å². The number of pyridine rings is 1. The van der Waals surface area contributed by atoms with Crippen molar-refractivity contribution in [3.8, 4) is 0 Å². The molecule has 0 unspecified atom stereocenters. The largest absolute Gasteiger partial charge is 0.323 e. The van der Waals surface area contributed by atoms with Gasteiger partial charge in [-0.3, -0.25) is 4.98 Å². The highest BCUT2D eigenvalue weighted by Gasteiger charge is 1.99. The Kier molecular flexibility index (Phi) is 2.71. The summed E-state index contributed by atoms with van der Waals surface area (Å²) in [6.45, 7) is 0. The Balaban J connectivity index is 1.75. The molecule has 18 heavy (non-hydrogen) atoms. The van der Waals surface area contributed by atoms with Crippen molar-refractivity contribution in [3.05, 3.63) is 54.4 Å². The number of fused-ring (bicyclic) bond motifs is 1. The third-order valence-corrected chi connectivity index (χ3v) is 2.44. The van der Waals surface area contributed by atoms with E-state index in [0.29, 0.717) is 5.95 Å². The van der Waals surface area contributed by atoms with Gasteiger partial charge in [-0.05, 0) is 24.3 Å². The van der Waals surface area contributed by atoms with E-state index >= 15 is 0 Å². The lowest BCUT2D eigenvalue weighted by atomic mass is 10.3. The highest BCUT2D eigenvalue weighted by Crippen LogP contribution is 2.12. The molecule has 1 aromatic carbocycles. The van der Waals surface area contributed by atoms with Crippen LogP contribution in [-0.2, 0) is 0 Å². The van der Waals surface area contributed by atoms with E-state index < -0.39 is 0 Å². The molecule has 3 aromatic rings. The van der Waals surface area contributed by atoms with Crippen LogP contribution in [0.1, 0.15) is 5.69 Å². The minimum atomic E-state index is 0.614. The van der Waals surface area contributed by atoms with Crippen LogP contribution in [-0.4, -0.2) is 21.2 Å². The number of H-pyrrole nitrogens is 1. The molecule has 0 aliphatic heterocycles. The van der Waals surface area contributed by atoms with E-state index in [-0.39, 0.29) is 0 Å². The Labute approximate surface area is 104 Å². The van der Waals surface area contributed by atoms with Crippen LogP contribution in [0.2, 0.25) is 0 Å². The predicted molar refractivity (Wildman–Crippen MR) is 71.5 cm³/mol. The molecule has 3 rings (SSSR count). The number of anilines is 1. The second kappa shape index (κ2) is 4.67. The molecule has 0 amide bonds. The monoisotopic (exact) mass is 237 g/mol. The molecule has 0 aliphatic carbocycles. The third kappa shape index (κ3) is 2.20. The first-order valence-corrected chi connectivity index (χ1v) is 5.57. The van der Waals surface area contributed by atoms with E-state index in [1.54, 1.807) is 12.4 Å². The van der Waals surface area contributed by atoms with Gasteiger partial charge in [0.25, 0.3) is 0 Å². The molecule has 88 valence electrons. The van der Waals surface area contributed by atoms with Gasteiger partial charge in [-0.1, -0.05) is 18.2 Å². The molecular weight excluding hydrogens is 226 g/mol. The Morgan fingerprint density at radius 1 is 1.11 bits per heavy atom. The van der Waals surface area contributed by atoms with Crippen molar-refractivity contribution in [2.24, 2.45) is 5.10 Å². The van der Waals surface area contributed by atoms with Crippen molar-refractivity contribution in [1.29, 1.82) is 0 Å². The second-order valence-electron chi connectivity index (χ2n) is 3.73. The normalized spacial score (nSPS) is 11.1. The summed E-state index contributed by atoms with van der Waals surface area (Å²) in [5.41, 5.74) is 5.53. The van der Waals surface area contributed by atoms with Gasteiger partial charge in [0.2, 0.25) is 5.95 Å². The van der Waals surface area contributed by atoms with Crippen LogP contribution in [0.3, 0.4) is 0 Å². The molecule has 0 atom stereocenters. The highest BCUT2D eigenvalue weighted by atomic mass is 15.4. The number of imidazole rings is 1. The van der Waals surface area contributed by atoms with Crippen molar-refractivity contribution in [2.75, 3.05) is 5.43 Å². The Hall–Kier alpha value is -2.69. The summed E-state index contributed by atoms with van der Waals surface area (Å²) >= 11 is 0. The molecule has 5 heteroatoms. The molecule has 0 saturated heterocycles. The number of aromatic amines is 1. The number of hydrogen-bond acceptors (Lipinski definition) is 4. The van der Waals surface area contributed by atoms with Crippen molar-refractivity contribution in [1.82, 2.24) is 15.0 Å². The standard InChI is InChI=1S/C13H11N5/c1-2-7-12-11(6-1)16-13(17-12)18-15-9-10-5-3-4-8-14-10/h1-9H,(H2,16,17,18). The number of hydrogen-bond donors (Lipinski definition) is 2. The van der Waals surface area contributed by atoms with Crippen molar-refractivity contribution in [3.63, 3.8) is 0 Å². The van der Waals surface area contributed by atoms with Gasteiger partial charge in [-0.25, -0.2) is 10.4 Å². The van der Waals surface area contributed by atoms with Gasteiger partial charge in [0.1, 0.15) is 0 Å². The molecule has 2 heterocycles. The first-order valence-electron chi connectivity index (χ1n) is 5.57. The summed E-state index contributed by atoms with van der Waals surface area (Å²) in [5, 5.41) is 4.08. The number of para-hydroxylation sites is 2. The average molecular weight is 237 g/mol. The molecule has 2 N–H and O–H groups in total. The van der Waals surface area contributed by atoms with Crippen LogP contribution in [0.4, 0.5) is 5.95 Å². The van der Waals surface area contributed by atoms with Crippen molar-refractivity contribution < 1.29 is 0 Å². The van der Waals surface area contributed by atoms with E-state index in [2.05, 4.69) is 25.5 Å². The minimum Gasteiger partial charge on any atom is -0.323 e. The summed E-state index contributed by atoms with van der Waals surface area (Å²) in [7, 11) is 0. The molecule has 0 bridgehead atoms. The van der Waals surface area contributed by atoms with Gasteiger partial charge in [0, 0.05) is 6.20 Å². The van der Waals surface area contributed by atoms with Crippen LogP contribution in [0.25, 0.3) is 11.0 Å². The number of aromatic nitrogens is 3. The maximum Gasteiger partial charge on any atom is 0.222 e. The van der Waals surface area contributed by atoms with Crippen LogP contribution in [0.15, 0.2) is 53.8 Å². The Morgan fingerprint density at radius 2 is 2.00 bits per heavy atom. The second-order valence-corrected chi connectivity index (χ2v) is 3.73. The molecule has 0 fully saturated rings. The van der Waals surface area contributed by atoms with Crippen LogP contribution < -0.4 is 5.43 Å². The minimum absolute atomic E-state index is 0.614. The first kappa shape index (κ1) is 10.5.